The molecule has 1 aliphatic carbocycles. The van der Waals surface area contributed by atoms with Gasteiger partial charge in [-0.25, -0.2) is 0 Å². The van der Waals surface area contributed by atoms with Crippen molar-refractivity contribution in [1.29, 1.82) is 0 Å². The molecule has 1 saturated carbocycles. The summed E-state index contributed by atoms with van der Waals surface area (Å²) in [6, 6.07) is 1.80. The van der Waals surface area contributed by atoms with Gasteiger partial charge in [0.1, 0.15) is 5.76 Å². The zero-order valence-corrected chi connectivity index (χ0v) is 13.2. The van der Waals surface area contributed by atoms with Gasteiger partial charge in [-0.15, -0.1) is 0 Å². The smallest absolute Gasteiger partial charge is 0.230 e. The van der Waals surface area contributed by atoms with Crippen molar-refractivity contribution in [3.05, 3.63) is 17.5 Å². The predicted octanol–water partition coefficient (Wildman–Crippen LogP) is 1.30. The van der Waals surface area contributed by atoms with Crippen molar-refractivity contribution in [1.82, 2.24) is 10.1 Å². The van der Waals surface area contributed by atoms with E-state index in [2.05, 4.69) is 5.16 Å². The van der Waals surface area contributed by atoms with Crippen LogP contribution in [-0.4, -0.2) is 53.0 Å². The van der Waals surface area contributed by atoms with E-state index >= 15 is 0 Å². The summed E-state index contributed by atoms with van der Waals surface area (Å²) in [6.07, 6.45) is 2.43. The van der Waals surface area contributed by atoms with Gasteiger partial charge in [0.05, 0.1) is 24.3 Å². The highest BCUT2D eigenvalue weighted by atomic mass is 16.5. The third kappa shape index (κ3) is 2.65. The minimum Gasteiger partial charge on any atom is -0.392 e. The second-order valence-electron chi connectivity index (χ2n) is 6.42. The van der Waals surface area contributed by atoms with Crippen molar-refractivity contribution < 1.29 is 19.2 Å². The number of nitrogens with zero attached hydrogens (tertiary/aromatic N) is 2. The maximum atomic E-state index is 12.3. The van der Waals surface area contributed by atoms with E-state index < -0.39 is 0 Å². The summed E-state index contributed by atoms with van der Waals surface area (Å²) in [7, 11) is 0. The van der Waals surface area contributed by atoms with Gasteiger partial charge in [0.25, 0.3) is 0 Å². The Balaban J connectivity index is 1.56. The number of ether oxygens (including phenoxy) is 1. The second kappa shape index (κ2) is 6.01. The van der Waals surface area contributed by atoms with Crippen molar-refractivity contribution in [2.24, 2.45) is 5.41 Å². The zero-order valence-electron chi connectivity index (χ0n) is 13.2. The molecule has 1 amide bonds. The standard InChI is InChI=1S/C16H24N2O4/c1-3-21-14-10-13(19)16(14)4-6-18(7-5-16)15(20)9-12-8-11(2)17-22-12/h8,13-14,19H,3-7,9-10H2,1-2H3/t13-,14+/m0/s1. The van der Waals surface area contributed by atoms with E-state index in [-0.39, 0.29) is 30.0 Å². The third-order valence-electron chi connectivity index (χ3n) is 5.16. The number of piperidine rings is 1. The molecule has 6 heteroatoms. The van der Waals surface area contributed by atoms with Gasteiger partial charge in [-0.3, -0.25) is 4.79 Å². The highest BCUT2D eigenvalue weighted by Gasteiger charge is 2.56. The fourth-order valence-electron chi connectivity index (χ4n) is 3.75. The lowest BCUT2D eigenvalue weighted by atomic mass is 9.58. The van der Waals surface area contributed by atoms with E-state index in [4.69, 9.17) is 9.26 Å². The Morgan fingerprint density at radius 3 is 2.82 bits per heavy atom. The number of aryl methyl sites for hydroxylation is 1. The number of hydrogen-bond donors (Lipinski definition) is 1. The fraction of sp³-hybridized carbons (Fsp3) is 0.750. The molecule has 6 nitrogen and oxygen atoms in total. The molecule has 2 heterocycles. The first kappa shape index (κ1) is 15.5. The Kier molecular flexibility index (Phi) is 4.23. The normalized spacial score (nSPS) is 27.0. The number of carbonyl (C=O) groups is 1. The van der Waals surface area contributed by atoms with Gasteiger partial charge in [0.2, 0.25) is 5.91 Å². The Labute approximate surface area is 130 Å². The van der Waals surface area contributed by atoms with Crippen molar-refractivity contribution in [3.63, 3.8) is 0 Å². The molecule has 0 bridgehead atoms. The number of amides is 1. The lowest BCUT2D eigenvalue weighted by molar-refractivity contribution is -0.210. The summed E-state index contributed by atoms with van der Waals surface area (Å²) in [5, 5.41) is 14.0. The first-order valence-electron chi connectivity index (χ1n) is 8.05. The molecule has 0 aromatic carbocycles. The van der Waals surface area contributed by atoms with Gasteiger partial charge in [-0.1, -0.05) is 5.16 Å². The summed E-state index contributed by atoms with van der Waals surface area (Å²) < 4.78 is 10.9. The van der Waals surface area contributed by atoms with Gasteiger partial charge in [0.15, 0.2) is 0 Å². The minimum absolute atomic E-state index is 0.0628. The highest BCUT2D eigenvalue weighted by molar-refractivity contribution is 5.78. The van der Waals surface area contributed by atoms with Crippen LogP contribution in [0.15, 0.2) is 10.6 Å². The summed E-state index contributed by atoms with van der Waals surface area (Å²) in [6.45, 7) is 5.84. The van der Waals surface area contributed by atoms with Gasteiger partial charge in [-0.2, -0.15) is 0 Å². The van der Waals surface area contributed by atoms with Gasteiger partial charge in [0, 0.05) is 37.6 Å². The van der Waals surface area contributed by atoms with E-state index in [1.165, 1.54) is 0 Å². The Morgan fingerprint density at radius 2 is 2.27 bits per heavy atom. The molecule has 1 saturated heterocycles. The van der Waals surface area contributed by atoms with Crippen LogP contribution in [0.25, 0.3) is 0 Å². The molecule has 2 aliphatic rings. The molecule has 2 atom stereocenters. The van der Waals surface area contributed by atoms with Crippen LogP contribution < -0.4 is 0 Å². The molecule has 0 unspecified atom stereocenters. The van der Waals surface area contributed by atoms with Crippen LogP contribution in [0, 0.1) is 12.3 Å². The van der Waals surface area contributed by atoms with Crippen molar-refractivity contribution in [3.8, 4) is 0 Å². The van der Waals surface area contributed by atoms with Gasteiger partial charge in [-0.05, 0) is 26.7 Å². The Hall–Kier alpha value is -1.40. The van der Waals surface area contributed by atoms with Gasteiger partial charge < -0.3 is 19.3 Å². The van der Waals surface area contributed by atoms with Gasteiger partial charge >= 0.3 is 0 Å². The van der Waals surface area contributed by atoms with E-state index in [0.717, 1.165) is 25.0 Å². The summed E-state index contributed by atoms with van der Waals surface area (Å²) in [5.41, 5.74) is 0.646. The number of likely N-dealkylation sites (tertiary alicyclic amines) is 1. The topological polar surface area (TPSA) is 75.8 Å². The van der Waals surface area contributed by atoms with Crippen molar-refractivity contribution in [2.75, 3.05) is 19.7 Å². The molecule has 1 aliphatic heterocycles. The minimum atomic E-state index is -0.293. The third-order valence-corrected chi connectivity index (χ3v) is 5.16. The lowest BCUT2D eigenvalue weighted by Crippen LogP contribution is -2.62. The zero-order chi connectivity index (χ0) is 15.7. The van der Waals surface area contributed by atoms with Crippen molar-refractivity contribution >= 4 is 5.91 Å². The molecule has 0 radical (unpaired) electrons. The van der Waals surface area contributed by atoms with Crippen LogP contribution in [-0.2, 0) is 16.0 Å². The molecular formula is C16H24N2O4. The van der Waals surface area contributed by atoms with Crippen molar-refractivity contribution in [2.45, 2.75) is 51.7 Å². The van der Waals surface area contributed by atoms with Crippen LogP contribution in [0.1, 0.15) is 37.6 Å². The molecule has 1 aromatic heterocycles. The maximum absolute atomic E-state index is 12.3. The molecule has 22 heavy (non-hydrogen) atoms. The first-order chi connectivity index (χ1) is 10.5. The average Bonchev–Trinajstić information content (AvgIpc) is 2.92. The largest absolute Gasteiger partial charge is 0.392 e. The molecule has 1 spiro atoms. The Morgan fingerprint density at radius 1 is 1.55 bits per heavy atom. The molecule has 3 rings (SSSR count). The highest BCUT2D eigenvalue weighted by Crippen LogP contribution is 2.50. The molecule has 1 aromatic rings. The van der Waals surface area contributed by atoms with E-state index in [1.807, 2.05) is 18.7 Å². The molecule has 122 valence electrons. The first-order valence-corrected chi connectivity index (χ1v) is 8.05. The molecule has 2 fully saturated rings. The number of hydrogen-bond acceptors (Lipinski definition) is 5. The number of carbonyl (C=O) groups excluding carboxylic acids is 1. The fourth-order valence-corrected chi connectivity index (χ4v) is 3.75. The summed E-state index contributed by atoms with van der Waals surface area (Å²) in [5.74, 6) is 0.673. The number of aliphatic hydroxyl groups is 1. The van der Waals surface area contributed by atoms with E-state index in [0.29, 0.717) is 25.5 Å². The van der Waals surface area contributed by atoms with E-state index in [1.54, 1.807) is 6.07 Å². The summed E-state index contributed by atoms with van der Waals surface area (Å²) in [4.78, 5) is 14.2. The number of rotatable bonds is 4. The Bertz CT molecular complexity index is 532. The number of aromatic nitrogens is 1. The van der Waals surface area contributed by atoms with Crippen LogP contribution in [0.2, 0.25) is 0 Å². The van der Waals surface area contributed by atoms with Crippen LogP contribution in [0.5, 0.6) is 0 Å². The van der Waals surface area contributed by atoms with Crippen LogP contribution >= 0.6 is 0 Å². The average molecular weight is 308 g/mol. The van der Waals surface area contributed by atoms with Crippen LogP contribution in [0.3, 0.4) is 0 Å². The molecule has 1 N–H and O–H groups in total. The maximum Gasteiger partial charge on any atom is 0.230 e. The summed E-state index contributed by atoms with van der Waals surface area (Å²) >= 11 is 0. The molecular weight excluding hydrogens is 284 g/mol. The number of aliphatic hydroxyl groups excluding tert-OH is 1. The second-order valence-corrected chi connectivity index (χ2v) is 6.42. The quantitative estimate of drug-likeness (QED) is 0.907. The lowest BCUT2D eigenvalue weighted by Gasteiger charge is -2.56. The van der Waals surface area contributed by atoms with E-state index in [9.17, 15) is 9.90 Å². The SMILES string of the molecule is CCO[C@@H]1C[C@H](O)C12CCN(C(=O)Cc1cc(C)no1)CC2. The predicted molar refractivity (Wildman–Crippen MR) is 79.2 cm³/mol. The van der Waals surface area contributed by atoms with Crippen LogP contribution in [0.4, 0.5) is 0 Å². The monoisotopic (exact) mass is 308 g/mol.